The second kappa shape index (κ2) is 11.0. The highest BCUT2D eigenvalue weighted by Gasteiger charge is 2.21. The van der Waals surface area contributed by atoms with Crippen molar-refractivity contribution in [2.75, 3.05) is 25.0 Å². The van der Waals surface area contributed by atoms with Crippen LogP contribution in [0.15, 0.2) is 29.1 Å². The third-order valence-electron chi connectivity index (χ3n) is 4.41. The minimum atomic E-state index is -0.271. The number of hydrogen-bond donors (Lipinski definition) is 2. The average Bonchev–Trinajstić information content (AvgIpc) is 3.47. The van der Waals surface area contributed by atoms with E-state index in [0.29, 0.717) is 18.2 Å². The molecule has 3 rings (SSSR count). The molecule has 2 aromatic rings. The predicted octanol–water partition coefficient (Wildman–Crippen LogP) is 2.25. The Balaban J connectivity index is 1.50. The molecule has 156 valence electrons. The van der Waals surface area contributed by atoms with E-state index in [0.717, 1.165) is 24.3 Å². The Morgan fingerprint density at radius 2 is 2.10 bits per heavy atom. The predicted molar refractivity (Wildman–Crippen MR) is 112 cm³/mol. The van der Waals surface area contributed by atoms with Crippen LogP contribution in [0.5, 0.6) is 0 Å². The summed E-state index contributed by atoms with van der Waals surface area (Å²) in [5.41, 5.74) is 0. The highest BCUT2D eigenvalue weighted by molar-refractivity contribution is 7.13. The summed E-state index contributed by atoms with van der Waals surface area (Å²) in [4.78, 5) is 43.5. The highest BCUT2D eigenvalue weighted by atomic mass is 32.1. The van der Waals surface area contributed by atoms with E-state index in [1.54, 1.807) is 11.6 Å². The maximum Gasteiger partial charge on any atom is 0.239 e. The zero-order valence-corrected chi connectivity index (χ0v) is 17.6. The van der Waals surface area contributed by atoms with Crippen LogP contribution in [-0.2, 0) is 25.7 Å². The minimum Gasteiger partial charge on any atom is -0.376 e. The van der Waals surface area contributed by atoms with Gasteiger partial charge < -0.3 is 20.3 Å². The summed E-state index contributed by atoms with van der Waals surface area (Å²) in [6, 6.07) is 3.83. The second-order valence-electron chi connectivity index (χ2n) is 6.65. The summed E-state index contributed by atoms with van der Waals surface area (Å²) in [5, 5.41) is 9.70. The van der Waals surface area contributed by atoms with Crippen LogP contribution in [0.4, 0.5) is 5.13 Å². The Bertz CT molecular complexity index is 789. The van der Waals surface area contributed by atoms with E-state index in [1.165, 1.54) is 27.6 Å². The number of hydrogen-bond acceptors (Lipinski definition) is 7. The molecule has 3 amide bonds. The molecule has 29 heavy (non-hydrogen) atoms. The molecule has 0 aromatic carbocycles. The molecule has 0 radical (unpaired) electrons. The standard InChI is InChI=1S/C19H24N4O4S2/c24-16(22-19-20-7-10-29-19)5-6-18(26)23(12-15-4-2-9-28-15)13-17(25)21-11-14-3-1-8-27-14/h2,4,7,9-10,14H,1,3,5-6,8,11-13H2,(H,21,25)(H,20,22,24)/t14-/m1/s1. The average molecular weight is 437 g/mol. The van der Waals surface area contributed by atoms with Gasteiger partial charge in [0.15, 0.2) is 5.13 Å². The summed E-state index contributed by atoms with van der Waals surface area (Å²) < 4.78 is 5.51. The van der Waals surface area contributed by atoms with E-state index >= 15 is 0 Å². The van der Waals surface area contributed by atoms with Crippen LogP contribution in [0.2, 0.25) is 0 Å². The molecule has 0 saturated carbocycles. The number of nitrogens with zero attached hydrogens (tertiary/aromatic N) is 2. The molecule has 0 bridgehead atoms. The molecular weight excluding hydrogens is 412 g/mol. The van der Waals surface area contributed by atoms with Crippen LogP contribution in [0.3, 0.4) is 0 Å². The van der Waals surface area contributed by atoms with Crippen LogP contribution < -0.4 is 10.6 Å². The molecule has 1 atom stereocenters. The fraction of sp³-hybridized carbons (Fsp3) is 0.474. The number of aromatic nitrogens is 1. The third-order valence-corrected chi connectivity index (χ3v) is 5.96. The van der Waals surface area contributed by atoms with Crippen molar-refractivity contribution in [3.63, 3.8) is 0 Å². The highest BCUT2D eigenvalue weighted by Crippen LogP contribution is 2.15. The molecule has 3 heterocycles. The monoisotopic (exact) mass is 436 g/mol. The van der Waals surface area contributed by atoms with Gasteiger partial charge in [-0.25, -0.2) is 4.98 Å². The number of thiophene rings is 1. The number of amides is 3. The summed E-state index contributed by atoms with van der Waals surface area (Å²) in [7, 11) is 0. The first-order valence-electron chi connectivity index (χ1n) is 9.48. The topological polar surface area (TPSA) is 101 Å². The van der Waals surface area contributed by atoms with Crippen molar-refractivity contribution in [2.45, 2.75) is 38.3 Å². The molecule has 0 unspecified atom stereocenters. The fourth-order valence-electron chi connectivity index (χ4n) is 2.93. The molecule has 2 aromatic heterocycles. The summed E-state index contributed by atoms with van der Waals surface area (Å²) in [6.07, 6.45) is 3.66. The Kier molecular flexibility index (Phi) is 8.14. The van der Waals surface area contributed by atoms with Gasteiger partial charge in [-0.2, -0.15) is 0 Å². The number of carbonyl (C=O) groups is 3. The smallest absolute Gasteiger partial charge is 0.239 e. The quantitative estimate of drug-likeness (QED) is 0.595. The first kappa shape index (κ1) is 21.4. The van der Waals surface area contributed by atoms with E-state index in [9.17, 15) is 14.4 Å². The van der Waals surface area contributed by atoms with E-state index < -0.39 is 0 Å². The van der Waals surface area contributed by atoms with Crippen molar-refractivity contribution in [3.05, 3.63) is 34.0 Å². The summed E-state index contributed by atoms with van der Waals surface area (Å²) in [5.74, 6) is -0.732. The van der Waals surface area contributed by atoms with Gasteiger partial charge in [-0.3, -0.25) is 14.4 Å². The molecule has 8 nitrogen and oxygen atoms in total. The molecule has 0 aliphatic carbocycles. The molecule has 1 aliphatic heterocycles. The Morgan fingerprint density at radius 1 is 1.21 bits per heavy atom. The first-order valence-corrected chi connectivity index (χ1v) is 11.2. The van der Waals surface area contributed by atoms with Gasteiger partial charge in [-0.15, -0.1) is 22.7 Å². The lowest BCUT2D eigenvalue weighted by Gasteiger charge is -2.22. The lowest BCUT2D eigenvalue weighted by molar-refractivity contribution is -0.137. The number of rotatable bonds is 10. The number of anilines is 1. The third kappa shape index (κ3) is 7.22. The molecular formula is C19H24N4O4S2. The first-order chi connectivity index (χ1) is 14.1. The van der Waals surface area contributed by atoms with E-state index in [1.807, 2.05) is 17.5 Å². The number of thiazole rings is 1. The summed E-state index contributed by atoms with van der Waals surface area (Å²) in [6.45, 7) is 1.48. The van der Waals surface area contributed by atoms with Gasteiger partial charge in [0, 0.05) is 42.4 Å². The van der Waals surface area contributed by atoms with Crippen LogP contribution in [0.25, 0.3) is 0 Å². The van der Waals surface area contributed by atoms with Crippen LogP contribution >= 0.6 is 22.7 Å². The van der Waals surface area contributed by atoms with Gasteiger partial charge in [-0.1, -0.05) is 6.07 Å². The number of carbonyl (C=O) groups excluding carboxylic acids is 3. The number of ether oxygens (including phenoxy) is 1. The largest absolute Gasteiger partial charge is 0.376 e. The molecule has 1 saturated heterocycles. The van der Waals surface area contributed by atoms with E-state index in [-0.39, 0.29) is 43.2 Å². The molecule has 0 spiro atoms. The Hall–Kier alpha value is -2.30. The van der Waals surface area contributed by atoms with Gasteiger partial charge in [0.05, 0.1) is 19.2 Å². The molecule has 1 aliphatic rings. The van der Waals surface area contributed by atoms with Crippen LogP contribution in [-0.4, -0.2) is 53.4 Å². The minimum absolute atomic E-state index is 0.0294. The van der Waals surface area contributed by atoms with Gasteiger partial charge in [0.25, 0.3) is 0 Å². The van der Waals surface area contributed by atoms with Crippen molar-refractivity contribution in [1.82, 2.24) is 15.2 Å². The maximum atomic E-state index is 12.7. The Labute approximate surface area is 177 Å². The fourth-order valence-corrected chi connectivity index (χ4v) is 4.20. The normalized spacial score (nSPS) is 15.8. The lowest BCUT2D eigenvalue weighted by atomic mass is 10.2. The zero-order chi connectivity index (χ0) is 20.5. The SMILES string of the molecule is O=C(CN(Cc1cccs1)C(=O)CCC(=O)Nc1nccs1)NC[C@H]1CCCO1. The Morgan fingerprint density at radius 3 is 2.79 bits per heavy atom. The van der Waals surface area contributed by atoms with Gasteiger partial charge in [0.2, 0.25) is 17.7 Å². The maximum absolute atomic E-state index is 12.7. The van der Waals surface area contributed by atoms with Gasteiger partial charge in [0.1, 0.15) is 0 Å². The zero-order valence-electron chi connectivity index (χ0n) is 16.0. The van der Waals surface area contributed by atoms with Crippen molar-refractivity contribution in [1.29, 1.82) is 0 Å². The molecule has 1 fully saturated rings. The lowest BCUT2D eigenvalue weighted by Crippen LogP contribution is -2.42. The van der Waals surface area contributed by atoms with Crippen molar-refractivity contribution < 1.29 is 19.1 Å². The van der Waals surface area contributed by atoms with Crippen LogP contribution in [0, 0.1) is 0 Å². The van der Waals surface area contributed by atoms with E-state index in [4.69, 9.17) is 4.74 Å². The molecule has 10 heteroatoms. The van der Waals surface area contributed by atoms with Gasteiger partial charge >= 0.3 is 0 Å². The second-order valence-corrected chi connectivity index (χ2v) is 8.58. The molecule has 2 N–H and O–H groups in total. The van der Waals surface area contributed by atoms with Crippen molar-refractivity contribution in [2.24, 2.45) is 0 Å². The van der Waals surface area contributed by atoms with Gasteiger partial charge in [-0.05, 0) is 24.3 Å². The van der Waals surface area contributed by atoms with E-state index in [2.05, 4.69) is 15.6 Å². The summed E-state index contributed by atoms with van der Waals surface area (Å²) >= 11 is 2.84. The van der Waals surface area contributed by atoms with Crippen LogP contribution in [0.1, 0.15) is 30.6 Å². The number of nitrogens with one attached hydrogen (secondary N) is 2. The van der Waals surface area contributed by atoms with Crippen molar-refractivity contribution >= 4 is 45.5 Å². The van der Waals surface area contributed by atoms with Crippen molar-refractivity contribution in [3.8, 4) is 0 Å².